The van der Waals surface area contributed by atoms with Crippen molar-refractivity contribution >= 4 is 11.5 Å². The summed E-state index contributed by atoms with van der Waals surface area (Å²) in [6.45, 7) is 2.17. The summed E-state index contributed by atoms with van der Waals surface area (Å²) in [7, 11) is 0. The normalized spacial score (nSPS) is 22.8. The number of hydrogen-bond donors (Lipinski definition) is 0. The lowest BCUT2D eigenvalue weighted by Crippen LogP contribution is -2.26. The van der Waals surface area contributed by atoms with Gasteiger partial charge in [0.15, 0.2) is 0 Å². The molecule has 0 bridgehead atoms. The molecule has 2 rings (SSSR count). The first kappa shape index (κ1) is 14.7. The zero-order chi connectivity index (χ0) is 14.5. The molecule has 1 aromatic rings. The topological polar surface area (TPSA) is 60.2 Å². The number of benzene rings is 1. The van der Waals surface area contributed by atoms with E-state index in [9.17, 15) is 14.9 Å². The number of nitro benzene ring substituents is 1. The Kier molecular flexibility index (Phi) is 4.88. The number of nitro groups is 1. The smallest absolute Gasteiger partial charge is 0.269 e. The van der Waals surface area contributed by atoms with Crippen LogP contribution in [0.3, 0.4) is 0 Å². The molecule has 0 N–H and O–H groups in total. The molecule has 108 valence electrons. The second-order valence-electron chi connectivity index (χ2n) is 5.72. The maximum Gasteiger partial charge on any atom is 0.269 e. The van der Waals surface area contributed by atoms with E-state index in [1.165, 1.54) is 12.5 Å². The van der Waals surface area contributed by atoms with Crippen molar-refractivity contribution in [1.82, 2.24) is 0 Å². The molecule has 0 heterocycles. The van der Waals surface area contributed by atoms with E-state index in [1.807, 2.05) is 6.07 Å². The van der Waals surface area contributed by atoms with Crippen LogP contribution in [0.2, 0.25) is 0 Å². The van der Waals surface area contributed by atoms with Crippen LogP contribution in [0.25, 0.3) is 0 Å². The fourth-order valence-electron chi connectivity index (χ4n) is 3.15. The Hall–Kier alpha value is -1.71. The van der Waals surface area contributed by atoms with E-state index in [-0.39, 0.29) is 16.5 Å². The van der Waals surface area contributed by atoms with Crippen LogP contribution in [-0.4, -0.2) is 10.7 Å². The van der Waals surface area contributed by atoms with Crippen molar-refractivity contribution in [3.8, 4) is 0 Å². The van der Waals surface area contributed by atoms with Crippen LogP contribution in [0, 0.1) is 22.0 Å². The summed E-state index contributed by atoms with van der Waals surface area (Å²) in [4.78, 5) is 22.4. The number of nitrogens with zero attached hydrogens (tertiary/aromatic N) is 1. The van der Waals surface area contributed by atoms with Gasteiger partial charge in [-0.2, -0.15) is 0 Å². The van der Waals surface area contributed by atoms with Gasteiger partial charge in [0.05, 0.1) is 4.92 Å². The predicted octanol–water partition coefficient (Wildman–Crippen LogP) is 3.92. The molecule has 0 amide bonds. The van der Waals surface area contributed by atoms with E-state index in [4.69, 9.17) is 0 Å². The van der Waals surface area contributed by atoms with Crippen LogP contribution in [0.15, 0.2) is 24.3 Å². The highest BCUT2D eigenvalue weighted by Gasteiger charge is 2.28. The lowest BCUT2D eigenvalue weighted by atomic mass is 9.76. The molecule has 0 saturated heterocycles. The summed E-state index contributed by atoms with van der Waals surface area (Å²) in [6, 6.07) is 6.66. The second kappa shape index (κ2) is 6.64. The lowest BCUT2D eigenvalue weighted by Gasteiger charge is -2.28. The number of non-ortho nitro benzene ring substituents is 1. The molecule has 1 aliphatic rings. The molecule has 1 fully saturated rings. The average molecular weight is 275 g/mol. The van der Waals surface area contributed by atoms with Gasteiger partial charge in [-0.05, 0) is 30.7 Å². The van der Waals surface area contributed by atoms with Crippen molar-refractivity contribution in [2.24, 2.45) is 11.8 Å². The largest absolute Gasteiger partial charge is 0.299 e. The molecular formula is C16H21NO3. The summed E-state index contributed by atoms with van der Waals surface area (Å²) in [6.07, 6.45) is 5.60. The average Bonchev–Trinajstić information content (AvgIpc) is 2.43. The van der Waals surface area contributed by atoms with Crippen LogP contribution in [-0.2, 0) is 11.2 Å². The van der Waals surface area contributed by atoms with Crippen LogP contribution in [0.5, 0.6) is 0 Å². The molecule has 2 atom stereocenters. The lowest BCUT2D eigenvalue weighted by molar-refractivity contribution is -0.384. The van der Waals surface area contributed by atoms with Gasteiger partial charge in [0.2, 0.25) is 0 Å². The zero-order valence-corrected chi connectivity index (χ0v) is 11.9. The van der Waals surface area contributed by atoms with Crippen LogP contribution in [0.4, 0.5) is 5.69 Å². The molecule has 2 unspecified atom stereocenters. The number of Topliss-reactive ketones (excluding diaryl/α,β-unsaturated/α-hetero) is 1. The van der Waals surface area contributed by atoms with Gasteiger partial charge in [0.25, 0.3) is 5.69 Å². The van der Waals surface area contributed by atoms with Crippen LogP contribution in [0.1, 0.15) is 44.6 Å². The first-order valence-corrected chi connectivity index (χ1v) is 7.36. The van der Waals surface area contributed by atoms with E-state index in [0.717, 1.165) is 24.8 Å². The second-order valence-corrected chi connectivity index (χ2v) is 5.72. The molecule has 4 heteroatoms. The fourth-order valence-corrected chi connectivity index (χ4v) is 3.15. The number of rotatable bonds is 5. The van der Waals surface area contributed by atoms with Crippen molar-refractivity contribution in [3.05, 3.63) is 39.9 Å². The maximum atomic E-state index is 12.0. The van der Waals surface area contributed by atoms with Gasteiger partial charge in [-0.1, -0.05) is 31.9 Å². The fraction of sp³-hybridized carbons (Fsp3) is 0.562. The summed E-state index contributed by atoms with van der Waals surface area (Å²) in [5.41, 5.74) is 1.01. The van der Waals surface area contributed by atoms with Gasteiger partial charge in [0, 0.05) is 24.5 Å². The summed E-state index contributed by atoms with van der Waals surface area (Å²) in [5.74, 6) is 1.01. The Balaban J connectivity index is 2.05. The van der Waals surface area contributed by atoms with Gasteiger partial charge in [-0.3, -0.25) is 14.9 Å². The Morgan fingerprint density at radius 2 is 2.20 bits per heavy atom. The molecule has 1 aliphatic carbocycles. The molecule has 0 radical (unpaired) electrons. The third kappa shape index (κ3) is 3.65. The molecule has 1 aromatic carbocycles. The molecule has 0 spiro atoms. The Morgan fingerprint density at radius 3 is 2.90 bits per heavy atom. The minimum atomic E-state index is -0.383. The van der Waals surface area contributed by atoms with E-state index < -0.39 is 0 Å². The third-order valence-corrected chi connectivity index (χ3v) is 4.17. The molecule has 1 saturated carbocycles. The van der Waals surface area contributed by atoms with Crippen molar-refractivity contribution in [1.29, 1.82) is 0 Å². The van der Waals surface area contributed by atoms with E-state index >= 15 is 0 Å². The highest BCUT2D eigenvalue weighted by atomic mass is 16.6. The number of hydrogen-bond acceptors (Lipinski definition) is 3. The number of carbonyl (C=O) groups excluding carboxylic acids is 1. The summed E-state index contributed by atoms with van der Waals surface area (Å²) in [5, 5.41) is 10.8. The predicted molar refractivity (Wildman–Crippen MR) is 77.5 cm³/mol. The molecule has 0 aliphatic heterocycles. The number of carbonyl (C=O) groups is 1. The molecule has 20 heavy (non-hydrogen) atoms. The first-order valence-electron chi connectivity index (χ1n) is 7.36. The zero-order valence-electron chi connectivity index (χ0n) is 11.9. The SMILES string of the molecule is CCCC1CCC(=O)C(Cc2cccc([N+](=O)[O-])c2)C1. The molecule has 4 nitrogen and oxygen atoms in total. The summed E-state index contributed by atoms with van der Waals surface area (Å²) >= 11 is 0. The van der Waals surface area contributed by atoms with E-state index in [0.29, 0.717) is 24.5 Å². The standard InChI is InChI=1S/C16H21NO3/c1-2-4-12-7-8-16(18)14(9-12)10-13-5-3-6-15(11-13)17(19)20/h3,5-6,11-12,14H,2,4,7-10H2,1H3. The quantitative estimate of drug-likeness (QED) is 0.604. The van der Waals surface area contributed by atoms with Gasteiger partial charge >= 0.3 is 0 Å². The Bertz CT molecular complexity index is 498. The van der Waals surface area contributed by atoms with Crippen LogP contribution < -0.4 is 0 Å². The monoisotopic (exact) mass is 275 g/mol. The van der Waals surface area contributed by atoms with Gasteiger partial charge in [-0.25, -0.2) is 0 Å². The molecule has 0 aromatic heterocycles. The van der Waals surface area contributed by atoms with Crippen molar-refractivity contribution < 1.29 is 9.72 Å². The minimum absolute atomic E-state index is 0.0438. The van der Waals surface area contributed by atoms with E-state index in [1.54, 1.807) is 12.1 Å². The van der Waals surface area contributed by atoms with Crippen molar-refractivity contribution in [3.63, 3.8) is 0 Å². The van der Waals surface area contributed by atoms with Gasteiger partial charge < -0.3 is 0 Å². The van der Waals surface area contributed by atoms with Crippen molar-refractivity contribution in [2.75, 3.05) is 0 Å². The Morgan fingerprint density at radius 1 is 1.40 bits per heavy atom. The maximum absolute atomic E-state index is 12.0. The third-order valence-electron chi connectivity index (χ3n) is 4.17. The van der Waals surface area contributed by atoms with Gasteiger partial charge in [-0.15, -0.1) is 0 Å². The van der Waals surface area contributed by atoms with Crippen molar-refractivity contribution in [2.45, 2.75) is 45.4 Å². The van der Waals surface area contributed by atoms with Crippen LogP contribution >= 0.6 is 0 Å². The number of ketones is 1. The van der Waals surface area contributed by atoms with Gasteiger partial charge in [0.1, 0.15) is 5.78 Å². The van der Waals surface area contributed by atoms with E-state index in [2.05, 4.69) is 6.92 Å². The highest BCUT2D eigenvalue weighted by molar-refractivity contribution is 5.82. The molecular weight excluding hydrogens is 254 g/mol. The minimum Gasteiger partial charge on any atom is -0.299 e. The summed E-state index contributed by atoms with van der Waals surface area (Å²) < 4.78 is 0. The Labute approximate surface area is 119 Å². The highest BCUT2D eigenvalue weighted by Crippen LogP contribution is 2.32. The first-order chi connectivity index (χ1) is 9.60.